The van der Waals surface area contributed by atoms with Gasteiger partial charge in [-0.25, -0.2) is 0 Å². The fraction of sp³-hybridized carbons (Fsp3) is 0.316. The third-order valence-electron chi connectivity index (χ3n) is 3.58. The number of benzene rings is 2. The van der Waals surface area contributed by atoms with E-state index in [1.54, 1.807) is 20.3 Å². The van der Waals surface area contributed by atoms with Gasteiger partial charge in [-0.3, -0.25) is 9.69 Å². The highest BCUT2D eigenvalue weighted by atomic mass is 16.5. The Balaban J connectivity index is 1.95. The van der Waals surface area contributed by atoms with Crippen molar-refractivity contribution in [3.8, 4) is 5.75 Å². The average molecular weight is 328 g/mol. The summed E-state index contributed by atoms with van der Waals surface area (Å²) >= 11 is 0. The van der Waals surface area contributed by atoms with Crippen LogP contribution in [0.5, 0.6) is 5.75 Å². The summed E-state index contributed by atoms with van der Waals surface area (Å²) in [4.78, 5) is 14.4. The molecule has 24 heavy (non-hydrogen) atoms. The zero-order chi connectivity index (χ0) is 17.2. The van der Waals surface area contributed by atoms with Crippen LogP contribution < -0.4 is 10.1 Å². The van der Waals surface area contributed by atoms with Crippen molar-refractivity contribution in [1.82, 2.24) is 4.90 Å². The van der Waals surface area contributed by atoms with Crippen LogP contribution >= 0.6 is 0 Å². The Hall–Kier alpha value is -2.37. The number of hydrogen-bond donors (Lipinski definition) is 1. The number of carbonyl (C=O) groups is 1. The second-order valence-electron chi connectivity index (χ2n) is 5.47. The predicted molar refractivity (Wildman–Crippen MR) is 95.2 cm³/mol. The number of anilines is 1. The molecule has 2 aromatic carbocycles. The van der Waals surface area contributed by atoms with Crippen molar-refractivity contribution in [1.29, 1.82) is 0 Å². The first-order valence-electron chi connectivity index (χ1n) is 7.90. The number of amides is 1. The van der Waals surface area contributed by atoms with E-state index in [0.717, 1.165) is 5.69 Å². The largest absolute Gasteiger partial charge is 0.497 e. The molecule has 0 saturated heterocycles. The SMILES string of the molecule is COCCN(CC(=O)Nc1cccc(OC)c1)Cc1ccccc1. The summed E-state index contributed by atoms with van der Waals surface area (Å²) in [6, 6.07) is 17.4. The summed E-state index contributed by atoms with van der Waals surface area (Å²) in [5.74, 6) is 0.656. The van der Waals surface area contributed by atoms with E-state index in [-0.39, 0.29) is 5.91 Å². The molecule has 0 spiro atoms. The molecule has 0 bridgehead atoms. The zero-order valence-corrected chi connectivity index (χ0v) is 14.2. The predicted octanol–water partition coefficient (Wildman–Crippen LogP) is 2.78. The molecule has 2 rings (SSSR count). The number of carbonyl (C=O) groups excluding carboxylic acids is 1. The summed E-state index contributed by atoms with van der Waals surface area (Å²) < 4.78 is 10.3. The van der Waals surface area contributed by atoms with Crippen LogP contribution in [0.1, 0.15) is 5.56 Å². The van der Waals surface area contributed by atoms with Gasteiger partial charge in [0.15, 0.2) is 0 Å². The van der Waals surface area contributed by atoms with E-state index in [2.05, 4.69) is 22.3 Å². The maximum Gasteiger partial charge on any atom is 0.238 e. The van der Waals surface area contributed by atoms with Crippen LogP contribution in [0.3, 0.4) is 0 Å². The van der Waals surface area contributed by atoms with Crippen LogP contribution in [0.4, 0.5) is 5.69 Å². The van der Waals surface area contributed by atoms with Gasteiger partial charge in [-0.15, -0.1) is 0 Å². The standard InChI is InChI=1S/C19H24N2O3/c1-23-12-11-21(14-16-7-4-3-5-8-16)15-19(22)20-17-9-6-10-18(13-17)24-2/h3-10,13H,11-12,14-15H2,1-2H3,(H,20,22). The highest BCUT2D eigenvalue weighted by Gasteiger charge is 2.12. The minimum atomic E-state index is -0.0599. The monoisotopic (exact) mass is 328 g/mol. The van der Waals surface area contributed by atoms with Crippen molar-refractivity contribution in [3.05, 3.63) is 60.2 Å². The maximum atomic E-state index is 12.3. The first kappa shape index (κ1) is 18.0. The van der Waals surface area contributed by atoms with Gasteiger partial charge in [0, 0.05) is 32.0 Å². The van der Waals surface area contributed by atoms with Gasteiger partial charge in [0.05, 0.1) is 20.3 Å². The fourth-order valence-corrected chi connectivity index (χ4v) is 2.38. The summed E-state index contributed by atoms with van der Waals surface area (Å²) in [5, 5.41) is 2.91. The van der Waals surface area contributed by atoms with E-state index in [1.165, 1.54) is 5.56 Å². The minimum absolute atomic E-state index is 0.0599. The second kappa shape index (κ2) is 9.70. The molecule has 0 radical (unpaired) electrons. The van der Waals surface area contributed by atoms with E-state index < -0.39 is 0 Å². The summed E-state index contributed by atoms with van der Waals surface area (Å²) in [7, 11) is 3.27. The van der Waals surface area contributed by atoms with Crippen molar-refractivity contribution in [2.45, 2.75) is 6.54 Å². The molecule has 0 fully saturated rings. The van der Waals surface area contributed by atoms with E-state index in [4.69, 9.17) is 9.47 Å². The summed E-state index contributed by atoms with van der Waals surface area (Å²) in [5.41, 5.74) is 1.90. The lowest BCUT2D eigenvalue weighted by atomic mass is 10.2. The van der Waals surface area contributed by atoms with Crippen molar-refractivity contribution < 1.29 is 14.3 Å². The Morgan fingerprint density at radius 1 is 1.08 bits per heavy atom. The smallest absolute Gasteiger partial charge is 0.238 e. The Labute approximate surface area is 143 Å². The number of ether oxygens (including phenoxy) is 2. The number of rotatable bonds is 9. The van der Waals surface area contributed by atoms with E-state index in [0.29, 0.717) is 32.0 Å². The maximum absolute atomic E-state index is 12.3. The van der Waals surface area contributed by atoms with Crippen molar-refractivity contribution in [3.63, 3.8) is 0 Å². The molecule has 0 aliphatic heterocycles. The minimum Gasteiger partial charge on any atom is -0.497 e. The Morgan fingerprint density at radius 3 is 2.58 bits per heavy atom. The molecular weight excluding hydrogens is 304 g/mol. The molecule has 0 atom stereocenters. The lowest BCUT2D eigenvalue weighted by Gasteiger charge is -2.21. The zero-order valence-electron chi connectivity index (χ0n) is 14.2. The van der Waals surface area contributed by atoms with Gasteiger partial charge >= 0.3 is 0 Å². The Kier molecular flexibility index (Phi) is 7.26. The summed E-state index contributed by atoms with van der Waals surface area (Å²) in [6.45, 7) is 2.28. The van der Waals surface area contributed by atoms with Gasteiger partial charge in [0.25, 0.3) is 0 Å². The topological polar surface area (TPSA) is 50.8 Å². The van der Waals surface area contributed by atoms with E-state index >= 15 is 0 Å². The van der Waals surface area contributed by atoms with Crippen molar-refractivity contribution >= 4 is 11.6 Å². The molecule has 0 aromatic heterocycles. The number of hydrogen-bond acceptors (Lipinski definition) is 4. The quantitative estimate of drug-likeness (QED) is 0.769. The van der Waals surface area contributed by atoms with Crippen molar-refractivity contribution in [2.75, 3.05) is 39.2 Å². The van der Waals surface area contributed by atoms with E-state index in [1.807, 2.05) is 36.4 Å². The third kappa shape index (κ3) is 6.02. The van der Waals surface area contributed by atoms with Gasteiger partial charge in [0.1, 0.15) is 5.75 Å². The number of methoxy groups -OCH3 is 2. The molecule has 0 unspecified atom stereocenters. The van der Waals surface area contributed by atoms with Crippen molar-refractivity contribution in [2.24, 2.45) is 0 Å². The highest BCUT2D eigenvalue weighted by molar-refractivity contribution is 5.92. The van der Waals surface area contributed by atoms with Crippen LogP contribution in [0.15, 0.2) is 54.6 Å². The van der Waals surface area contributed by atoms with Crippen LogP contribution in [-0.4, -0.2) is 44.7 Å². The molecule has 0 aliphatic carbocycles. The van der Waals surface area contributed by atoms with Crippen LogP contribution in [0.2, 0.25) is 0 Å². The Bertz CT molecular complexity index is 632. The average Bonchev–Trinajstić information content (AvgIpc) is 2.60. The molecule has 5 nitrogen and oxygen atoms in total. The molecule has 5 heteroatoms. The lowest BCUT2D eigenvalue weighted by Crippen LogP contribution is -2.35. The van der Waals surface area contributed by atoms with Crippen LogP contribution in [0.25, 0.3) is 0 Å². The van der Waals surface area contributed by atoms with Gasteiger partial charge in [-0.1, -0.05) is 36.4 Å². The second-order valence-corrected chi connectivity index (χ2v) is 5.47. The first-order valence-corrected chi connectivity index (χ1v) is 7.90. The highest BCUT2D eigenvalue weighted by Crippen LogP contribution is 2.16. The Morgan fingerprint density at radius 2 is 1.88 bits per heavy atom. The molecule has 0 heterocycles. The molecule has 0 aliphatic rings. The lowest BCUT2D eigenvalue weighted by molar-refractivity contribution is -0.117. The van der Waals surface area contributed by atoms with Gasteiger partial charge < -0.3 is 14.8 Å². The normalized spacial score (nSPS) is 10.6. The molecule has 128 valence electrons. The number of nitrogens with zero attached hydrogens (tertiary/aromatic N) is 1. The molecule has 0 saturated carbocycles. The van der Waals surface area contributed by atoms with Crippen LogP contribution in [0, 0.1) is 0 Å². The van der Waals surface area contributed by atoms with E-state index in [9.17, 15) is 4.79 Å². The fourth-order valence-electron chi connectivity index (χ4n) is 2.38. The molecular formula is C19H24N2O3. The van der Waals surface area contributed by atoms with Crippen LogP contribution in [-0.2, 0) is 16.1 Å². The molecule has 1 amide bonds. The molecule has 2 aromatic rings. The van der Waals surface area contributed by atoms with Gasteiger partial charge in [-0.05, 0) is 17.7 Å². The third-order valence-corrected chi connectivity index (χ3v) is 3.58. The number of nitrogens with one attached hydrogen (secondary N) is 1. The molecule has 1 N–H and O–H groups in total. The van der Waals surface area contributed by atoms with Gasteiger partial charge in [-0.2, -0.15) is 0 Å². The van der Waals surface area contributed by atoms with Gasteiger partial charge in [0.2, 0.25) is 5.91 Å². The summed E-state index contributed by atoms with van der Waals surface area (Å²) in [6.07, 6.45) is 0. The first-order chi connectivity index (χ1) is 11.7.